The highest BCUT2D eigenvalue weighted by molar-refractivity contribution is 9.10. The van der Waals surface area contributed by atoms with Crippen molar-refractivity contribution >= 4 is 28.2 Å². The van der Waals surface area contributed by atoms with Gasteiger partial charge in [-0.15, -0.1) is 0 Å². The van der Waals surface area contributed by atoms with Gasteiger partial charge in [0.2, 0.25) is 0 Å². The third-order valence-electron chi connectivity index (χ3n) is 1.75. The lowest BCUT2D eigenvalue weighted by molar-refractivity contribution is 0.0592. The molecule has 0 bridgehead atoms. The van der Waals surface area contributed by atoms with Crippen LogP contribution in [0.5, 0.6) is 5.75 Å². The summed E-state index contributed by atoms with van der Waals surface area (Å²) in [5.74, 6) is -2.45. The smallest absolute Gasteiger partial charge is 0.341 e. The van der Waals surface area contributed by atoms with Crippen LogP contribution in [-0.4, -0.2) is 24.5 Å². The van der Waals surface area contributed by atoms with Crippen molar-refractivity contribution in [2.24, 2.45) is 0 Å². The third-order valence-corrected chi connectivity index (χ3v) is 2.35. The summed E-state index contributed by atoms with van der Waals surface area (Å²) < 4.78 is 17.6. The van der Waals surface area contributed by atoms with E-state index in [0.29, 0.717) is 0 Å². The number of carbonyl (C=O) groups excluding carboxylic acids is 2. The molecule has 1 aromatic rings. The van der Waals surface area contributed by atoms with E-state index in [0.717, 1.165) is 13.2 Å². The molecule has 0 saturated carbocycles. The Labute approximate surface area is 92.8 Å². The molecule has 0 aliphatic rings. The van der Waals surface area contributed by atoms with Crippen LogP contribution < -0.4 is 0 Å². The lowest BCUT2D eigenvalue weighted by atomic mass is 10.1. The van der Waals surface area contributed by atoms with Crippen molar-refractivity contribution in [1.82, 2.24) is 0 Å². The summed E-state index contributed by atoms with van der Waals surface area (Å²) in [6.45, 7) is 0. The Morgan fingerprint density at radius 3 is 2.73 bits per heavy atom. The van der Waals surface area contributed by atoms with E-state index < -0.39 is 28.7 Å². The SMILES string of the molecule is COC(=O)c1c(F)cc(Br)c(O)c1C=O. The molecule has 0 fully saturated rings. The minimum absolute atomic E-state index is 0.00486. The molecule has 0 heterocycles. The molecule has 80 valence electrons. The molecule has 1 N–H and O–H groups in total. The van der Waals surface area contributed by atoms with Gasteiger partial charge in [0, 0.05) is 0 Å². The monoisotopic (exact) mass is 276 g/mol. The van der Waals surface area contributed by atoms with E-state index in [1.165, 1.54) is 0 Å². The van der Waals surface area contributed by atoms with Crippen LogP contribution in [0.3, 0.4) is 0 Å². The first-order valence-electron chi connectivity index (χ1n) is 3.77. The highest BCUT2D eigenvalue weighted by atomic mass is 79.9. The van der Waals surface area contributed by atoms with Gasteiger partial charge in [-0.2, -0.15) is 0 Å². The standard InChI is InChI=1S/C9H6BrFO4/c1-15-9(14)7-4(3-12)8(13)5(10)2-6(7)11/h2-3,13H,1H3. The Bertz CT molecular complexity index is 431. The van der Waals surface area contributed by atoms with Gasteiger partial charge >= 0.3 is 5.97 Å². The van der Waals surface area contributed by atoms with Gasteiger partial charge in [0.25, 0.3) is 0 Å². The topological polar surface area (TPSA) is 63.6 Å². The van der Waals surface area contributed by atoms with Crippen molar-refractivity contribution in [3.63, 3.8) is 0 Å². The normalized spacial score (nSPS) is 9.80. The number of phenolic OH excluding ortho intramolecular Hbond substituents is 1. The van der Waals surface area contributed by atoms with E-state index in [9.17, 15) is 19.1 Å². The molecular formula is C9H6BrFO4. The quantitative estimate of drug-likeness (QED) is 0.662. The van der Waals surface area contributed by atoms with E-state index in [2.05, 4.69) is 20.7 Å². The summed E-state index contributed by atoms with van der Waals surface area (Å²) in [7, 11) is 1.05. The van der Waals surface area contributed by atoms with Crippen molar-refractivity contribution in [3.05, 3.63) is 27.5 Å². The van der Waals surface area contributed by atoms with Crippen LogP contribution in [0.2, 0.25) is 0 Å². The molecule has 1 rings (SSSR count). The predicted octanol–water partition coefficient (Wildman–Crippen LogP) is 1.89. The number of aldehydes is 1. The molecule has 0 aliphatic heterocycles. The van der Waals surface area contributed by atoms with Crippen LogP contribution >= 0.6 is 15.9 Å². The van der Waals surface area contributed by atoms with Gasteiger partial charge in [0.05, 0.1) is 17.1 Å². The van der Waals surface area contributed by atoms with Crippen LogP contribution in [0.1, 0.15) is 20.7 Å². The zero-order chi connectivity index (χ0) is 11.6. The van der Waals surface area contributed by atoms with Crippen molar-refractivity contribution in [1.29, 1.82) is 0 Å². The molecule has 0 atom stereocenters. The number of benzene rings is 1. The molecule has 0 spiro atoms. The van der Waals surface area contributed by atoms with Crippen molar-refractivity contribution in [2.45, 2.75) is 0 Å². The van der Waals surface area contributed by atoms with Gasteiger partial charge in [0.15, 0.2) is 6.29 Å². The Hall–Kier alpha value is -1.43. The van der Waals surface area contributed by atoms with E-state index in [1.807, 2.05) is 0 Å². The van der Waals surface area contributed by atoms with Crippen LogP contribution in [-0.2, 0) is 4.74 Å². The van der Waals surface area contributed by atoms with E-state index in [-0.39, 0.29) is 10.8 Å². The largest absolute Gasteiger partial charge is 0.506 e. The molecule has 0 radical (unpaired) electrons. The maximum absolute atomic E-state index is 13.3. The number of halogens is 2. The van der Waals surface area contributed by atoms with E-state index in [1.54, 1.807) is 0 Å². The second kappa shape index (κ2) is 4.39. The molecule has 0 aliphatic carbocycles. The Morgan fingerprint density at radius 2 is 2.27 bits per heavy atom. The number of phenols is 1. The van der Waals surface area contributed by atoms with Crippen LogP contribution in [0.15, 0.2) is 10.5 Å². The van der Waals surface area contributed by atoms with Gasteiger partial charge in [-0.3, -0.25) is 4.79 Å². The van der Waals surface area contributed by atoms with Gasteiger partial charge in [-0.25, -0.2) is 9.18 Å². The number of carbonyl (C=O) groups is 2. The van der Waals surface area contributed by atoms with Crippen LogP contribution in [0.25, 0.3) is 0 Å². The molecule has 0 unspecified atom stereocenters. The Kier molecular flexibility index (Phi) is 3.41. The summed E-state index contributed by atoms with van der Waals surface area (Å²) in [4.78, 5) is 21.7. The lowest BCUT2D eigenvalue weighted by Gasteiger charge is -2.07. The summed E-state index contributed by atoms with van der Waals surface area (Å²) in [5.41, 5.74) is -1.01. The molecule has 1 aromatic carbocycles. The van der Waals surface area contributed by atoms with Gasteiger partial charge in [0.1, 0.15) is 17.1 Å². The molecule has 0 amide bonds. The lowest BCUT2D eigenvalue weighted by Crippen LogP contribution is -2.09. The molecule has 0 saturated heterocycles. The maximum atomic E-state index is 13.3. The molecule has 15 heavy (non-hydrogen) atoms. The number of hydrogen-bond donors (Lipinski definition) is 1. The van der Waals surface area contributed by atoms with Gasteiger partial charge in [-0.1, -0.05) is 0 Å². The molecule has 0 aromatic heterocycles. The highest BCUT2D eigenvalue weighted by Gasteiger charge is 2.22. The van der Waals surface area contributed by atoms with Crippen LogP contribution in [0, 0.1) is 5.82 Å². The first-order chi connectivity index (χ1) is 7.02. The fraction of sp³-hybridized carbons (Fsp3) is 0.111. The molecule has 4 nitrogen and oxygen atoms in total. The fourth-order valence-electron chi connectivity index (χ4n) is 1.05. The van der Waals surface area contributed by atoms with Crippen molar-refractivity contribution in [2.75, 3.05) is 7.11 Å². The fourth-order valence-corrected chi connectivity index (χ4v) is 1.47. The van der Waals surface area contributed by atoms with E-state index in [4.69, 9.17) is 0 Å². The number of esters is 1. The summed E-state index contributed by atoms with van der Waals surface area (Å²) in [6.07, 6.45) is 0.190. The number of rotatable bonds is 2. The molecular weight excluding hydrogens is 271 g/mol. The minimum atomic E-state index is -1.02. The van der Waals surface area contributed by atoms with E-state index >= 15 is 0 Å². The minimum Gasteiger partial charge on any atom is -0.506 e. The van der Waals surface area contributed by atoms with Gasteiger partial charge in [-0.05, 0) is 22.0 Å². The van der Waals surface area contributed by atoms with Crippen molar-refractivity contribution < 1.29 is 23.8 Å². The number of hydrogen-bond acceptors (Lipinski definition) is 4. The number of ether oxygens (including phenoxy) is 1. The third kappa shape index (κ3) is 1.99. The summed E-state index contributed by atoms with van der Waals surface area (Å²) in [6, 6.07) is 0.884. The number of aromatic hydroxyl groups is 1. The summed E-state index contributed by atoms with van der Waals surface area (Å²) in [5, 5.41) is 9.39. The average molecular weight is 277 g/mol. The van der Waals surface area contributed by atoms with Crippen LogP contribution in [0.4, 0.5) is 4.39 Å². The Morgan fingerprint density at radius 1 is 1.67 bits per heavy atom. The second-order valence-electron chi connectivity index (χ2n) is 2.59. The zero-order valence-corrected chi connectivity index (χ0v) is 9.17. The van der Waals surface area contributed by atoms with Gasteiger partial charge < -0.3 is 9.84 Å². The highest BCUT2D eigenvalue weighted by Crippen LogP contribution is 2.31. The maximum Gasteiger partial charge on any atom is 0.341 e. The number of methoxy groups -OCH3 is 1. The summed E-state index contributed by atoms with van der Waals surface area (Å²) >= 11 is 2.84. The van der Waals surface area contributed by atoms with Crippen molar-refractivity contribution in [3.8, 4) is 5.75 Å². The Balaban J connectivity index is 3.56. The zero-order valence-electron chi connectivity index (χ0n) is 7.58. The first-order valence-corrected chi connectivity index (χ1v) is 4.56. The first kappa shape index (κ1) is 11.6. The predicted molar refractivity (Wildman–Crippen MR) is 52.5 cm³/mol. The second-order valence-corrected chi connectivity index (χ2v) is 3.44. The average Bonchev–Trinajstić information content (AvgIpc) is 2.21. The molecule has 6 heteroatoms.